The molecule has 1 aromatic carbocycles. The number of rotatable bonds is 2. The Kier molecular flexibility index (Phi) is 2.62. The molecule has 3 aliphatic rings. The number of fused-ring (bicyclic) bond motifs is 2. The van der Waals surface area contributed by atoms with Gasteiger partial charge in [-0.2, -0.15) is 0 Å². The molecule has 1 heterocycles. The van der Waals surface area contributed by atoms with E-state index in [9.17, 15) is 4.79 Å². The fourth-order valence-corrected chi connectivity index (χ4v) is 3.99. The van der Waals surface area contributed by atoms with E-state index < -0.39 is 0 Å². The second-order valence-electron chi connectivity index (χ2n) is 6.18. The number of benzene rings is 1. The Bertz CT molecular complexity index is 515. The molecule has 3 heteroatoms. The van der Waals surface area contributed by atoms with Gasteiger partial charge in [0.2, 0.25) is 5.91 Å². The van der Waals surface area contributed by atoms with E-state index in [1.807, 2.05) is 0 Å². The Hall–Kier alpha value is -1.35. The van der Waals surface area contributed by atoms with Gasteiger partial charge in [-0.1, -0.05) is 12.5 Å². The fraction of sp³-hybridized carbons (Fsp3) is 0.562. The minimum Gasteiger partial charge on any atom is -0.326 e. The molecular weight excluding hydrogens is 236 g/mol. The molecule has 0 spiro atoms. The molecule has 19 heavy (non-hydrogen) atoms. The number of nitrogens with one attached hydrogen (secondary N) is 2. The molecule has 4 rings (SSSR count). The first kappa shape index (κ1) is 11.5. The summed E-state index contributed by atoms with van der Waals surface area (Å²) in [5, 5.41) is 6.49. The van der Waals surface area contributed by atoms with Crippen LogP contribution in [0, 0.1) is 17.8 Å². The van der Waals surface area contributed by atoms with Gasteiger partial charge in [0, 0.05) is 18.2 Å². The van der Waals surface area contributed by atoms with Gasteiger partial charge in [-0.05, 0) is 60.9 Å². The van der Waals surface area contributed by atoms with Crippen molar-refractivity contribution in [2.24, 2.45) is 17.8 Å². The van der Waals surface area contributed by atoms with Crippen molar-refractivity contribution < 1.29 is 4.79 Å². The minimum absolute atomic E-state index is 0.249. The van der Waals surface area contributed by atoms with Crippen LogP contribution >= 0.6 is 0 Å². The summed E-state index contributed by atoms with van der Waals surface area (Å²) in [5.74, 6) is 1.94. The highest BCUT2D eigenvalue weighted by Gasteiger charge is 2.56. The zero-order chi connectivity index (χ0) is 12.8. The molecule has 1 amide bonds. The van der Waals surface area contributed by atoms with E-state index in [1.165, 1.54) is 30.4 Å². The molecule has 0 aromatic heterocycles. The van der Waals surface area contributed by atoms with Crippen LogP contribution in [0.5, 0.6) is 0 Å². The number of hydrogen-bond acceptors (Lipinski definition) is 2. The Morgan fingerprint density at radius 2 is 2.05 bits per heavy atom. The quantitative estimate of drug-likeness (QED) is 0.852. The van der Waals surface area contributed by atoms with Gasteiger partial charge < -0.3 is 10.6 Å². The zero-order valence-electron chi connectivity index (χ0n) is 11.1. The summed E-state index contributed by atoms with van der Waals surface area (Å²) >= 11 is 0. The molecule has 2 saturated carbocycles. The summed E-state index contributed by atoms with van der Waals surface area (Å²) in [6.45, 7) is 1.98. The molecule has 2 atom stereocenters. The predicted molar refractivity (Wildman–Crippen MR) is 74.8 cm³/mol. The lowest BCUT2D eigenvalue weighted by molar-refractivity contribution is -0.118. The van der Waals surface area contributed by atoms with Crippen molar-refractivity contribution in [2.75, 3.05) is 11.9 Å². The summed E-state index contributed by atoms with van der Waals surface area (Å²) in [4.78, 5) is 12.2. The summed E-state index contributed by atoms with van der Waals surface area (Å²) in [6.07, 6.45) is 4.94. The van der Waals surface area contributed by atoms with E-state index in [4.69, 9.17) is 0 Å². The van der Waals surface area contributed by atoms with Crippen molar-refractivity contribution in [3.63, 3.8) is 0 Å². The number of carbonyl (C=O) groups is 1. The van der Waals surface area contributed by atoms with Crippen LogP contribution in [0.4, 0.5) is 5.69 Å². The smallest absolute Gasteiger partial charge is 0.228 e. The third-order valence-electron chi connectivity index (χ3n) is 5.07. The van der Waals surface area contributed by atoms with Crippen LogP contribution < -0.4 is 10.6 Å². The van der Waals surface area contributed by atoms with Crippen molar-refractivity contribution in [2.45, 2.75) is 32.2 Å². The second-order valence-corrected chi connectivity index (χ2v) is 6.18. The van der Waals surface area contributed by atoms with Gasteiger partial charge in [-0.3, -0.25) is 4.79 Å². The maximum Gasteiger partial charge on any atom is 0.228 e. The van der Waals surface area contributed by atoms with E-state index in [2.05, 4.69) is 28.8 Å². The molecule has 2 fully saturated rings. The number of anilines is 1. The summed E-state index contributed by atoms with van der Waals surface area (Å²) in [6, 6.07) is 6.36. The standard InChI is InChI=1S/C16H20N2O/c19-16(15-13-2-1-3-14(13)15)18-12-5-4-10-6-7-17-9-11(10)8-12/h4-5,8,13-15,17H,1-3,6-7,9H2,(H,18,19). The van der Waals surface area contributed by atoms with Crippen LogP contribution in [-0.4, -0.2) is 12.5 Å². The highest BCUT2D eigenvalue weighted by Crippen LogP contribution is 2.57. The Labute approximate surface area is 113 Å². The lowest BCUT2D eigenvalue weighted by Crippen LogP contribution is -2.24. The van der Waals surface area contributed by atoms with Crippen molar-refractivity contribution in [3.05, 3.63) is 29.3 Å². The highest BCUT2D eigenvalue weighted by atomic mass is 16.2. The molecule has 2 N–H and O–H groups in total. The first-order valence-electron chi connectivity index (χ1n) is 7.46. The fourth-order valence-electron chi connectivity index (χ4n) is 3.99. The van der Waals surface area contributed by atoms with Crippen LogP contribution in [0.1, 0.15) is 30.4 Å². The SMILES string of the molecule is O=C(Nc1ccc2c(c1)CNCC2)C1C2CCCC21. The van der Waals surface area contributed by atoms with E-state index in [-0.39, 0.29) is 5.91 Å². The van der Waals surface area contributed by atoms with Crippen LogP contribution in [-0.2, 0) is 17.8 Å². The van der Waals surface area contributed by atoms with E-state index in [1.54, 1.807) is 0 Å². The van der Waals surface area contributed by atoms with Crippen molar-refractivity contribution in [1.29, 1.82) is 0 Å². The summed E-state index contributed by atoms with van der Waals surface area (Å²) in [7, 11) is 0. The normalized spacial score (nSPS) is 31.5. The number of amides is 1. The summed E-state index contributed by atoms with van der Waals surface area (Å²) < 4.78 is 0. The maximum atomic E-state index is 12.2. The van der Waals surface area contributed by atoms with Gasteiger partial charge in [0.05, 0.1) is 0 Å². The molecule has 1 aliphatic heterocycles. The predicted octanol–water partition coefficient (Wildman–Crippen LogP) is 2.32. The third kappa shape index (κ3) is 1.96. The van der Waals surface area contributed by atoms with Gasteiger partial charge >= 0.3 is 0 Å². The summed E-state index contributed by atoms with van der Waals surface area (Å²) in [5.41, 5.74) is 3.72. The molecule has 0 saturated heterocycles. The average molecular weight is 256 g/mol. The largest absolute Gasteiger partial charge is 0.326 e. The minimum atomic E-state index is 0.249. The van der Waals surface area contributed by atoms with Crippen molar-refractivity contribution in [3.8, 4) is 0 Å². The van der Waals surface area contributed by atoms with Gasteiger partial charge in [0.15, 0.2) is 0 Å². The molecule has 3 nitrogen and oxygen atoms in total. The third-order valence-corrected chi connectivity index (χ3v) is 5.07. The Balaban J connectivity index is 1.46. The first-order chi connectivity index (χ1) is 9.33. The Morgan fingerprint density at radius 3 is 2.89 bits per heavy atom. The maximum absolute atomic E-state index is 12.2. The topological polar surface area (TPSA) is 41.1 Å². The molecule has 0 radical (unpaired) electrons. The van der Waals surface area contributed by atoms with E-state index >= 15 is 0 Å². The van der Waals surface area contributed by atoms with E-state index in [0.29, 0.717) is 17.8 Å². The average Bonchev–Trinajstić information content (AvgIpc) is 2.93. The second kappa shape index (κ2) is 4.34. The molecule has 1 aromatic rings. The number of carbonyl (C=O) groups excluding carboxylic acids is 1. The highest BCUT2D eigenvalue weighted by molar-refractivity contribution is 5.95. The molecule has 2 unspecified atom stereocenters. The van der Waals surface area contributed by atoms with Crippen molar-refractivity contribution >= 4 is 11.6 Å². The first-order valence-corrected chi connectivity index (χ1v) is 7.46. The molecule has 2 aliphatic carbocycles. The monoisotopic (exact) mass is 256 g/mol. The van der Waals surface area contributed by atoms with Crippen LogP contribution in [0.2, 0.25) is 0 Å². The molecular formula is C16H20N2O. The van der Waals surface area contributed by atoms with Crippen LogP contribution in [0.15, 0.2) is 18.2 Å². The molecule has 0 bridgehead atoms. The zero-order valence-corrected chi connectivity index (χ0v) is 11.1. The molecule has 100 valence electrons. The van der Waals surface area contributed by atoms with Crippen molar-refractivity contribution in [1.82, 2.24) is 5.32 Å². The number of hydrogen-bond donors (Lipinski definition) is 2. The van der Waals surface area contributed by atoms with Crippen LogP contribution in [0.3, 0.4) is 0 Å². The van der Waals surface area contributed by atoms with Crippen LogP contribution in [0.25, 0.3) is 0 Å². The van der Waals surface area contributed by atoms with Gasteiger partial charge in [0.25, 0.3) is 0 Å². The van der Waals surface area contributed by atoms with Gasteiger partial charge in [-0.25, -0.2) is 0 Å². The Morgan fingerprint density at radius 1 is 1.21 bits per heavy atom. The van der Waals surface area contributed by atoms with Gasteiger partial charge in [0.1, 0.15) is 0 Å². The van der Waals surface area contributed by atoms with Gasteiger partial charge in [-0.15, -0.1) is 0 Å². The lowest BCUT2D eigenvalue weighted by Gasteiger charge is -2.18. The lowest BCUT2D eigenvalue weighted by atomic mass is 10.0. The van der Waals surface area contributed by atoms with E-state index in [0.717, 1.165) is 25.2 Å².